The van der Waals surface area contributed by atoms with Gasteiger partial charge in [0.05, 0.1) is 6.26 Å². The van der Waals surface area contributed by atoms with Gasteiger partial charge < -0.3 is 9.15 Å². The first-order valence-electron chi connectivity index (χ1n) is 5.65. The van der Waals surface area contributed by atoms with E-state index in [1.54, 1.807) is 12.3 Å². The fraction of sp³-hybridized carbons (Fsp3) is 0.385. The molecule has 2 rings (SSSR count). The molecule has 0 atom stereocenters. The molecule has 4 nitrogen and oxygen atoms in total. The van der Waals surface area contributed by atoms with Gasteiger partial charge in [-0.1, -0.05) is 20.8 Å². The molecule has 0 amide bonds. The first-order valence-corrected chi connectivity index (χ1v) is 6.45. The number of aromatic nitrogens is 2. The van der Waals surface area contributed by atoms with E-state index < -0.39 is 0 Å². The molecule has 0 spiro atoms. The van der Waals surface area contributed by atoms with Gasteiger partial charge in [0.25, 0.3) is 0 Å². The Kier molecular flexibility index (Phi) is 3.71. The van der Waals surface area contributed by atoms with Crippen molar-refractivity contribution in [1.29, 1.82) is 0 Å². The van der Waals surface area contributed by atoms with Gasteiger partial charge in [0.1, 0.15) is 22.8 Å². The SMILES string of the molecule is CC(C)(C)c1nc(Br)cc(OCc2ccco2)n1. The summed E-state index contributed by atoms with van der Waals surface area (Å²) in [5, 5.41) is 0. The van der Waals surface area contributed by atoms with E-state index in [1.807, 2.05) is 12.1 Å². The number of hydrogen-bond acceptors (Lipinski definition) is 4. The van der Waals surface area contributed by atoms with Crippen molar-refractivity contribution in [2.45, 2.75) is 32.8 Å². The molecular formula is C13H15BrN2O2. The maximum Gasteiger partial charge on any atom is 0.218 e. The van der Waals surface area contributed by atoms with Crippen LogP contribution in [0, 0.1) is 0 Å². The van der Waals surface area contributed by atoms with Gasteiger partial charge in [-0.25, -0.2) is 4.98 Å². The quantitative estimate of drug-likeness (QED) is 0.811. The number of halogens is 1. The minimum Gasteiger partial charge on any atom is -0.469 e. The Bertz CT molecular complexity index is 518. The average molecular weight is 311 g/mol. The van der Waals surface area contributed by atoms with E-state index in [0.29, 0.717) is 12.5 Å². The smallest absolute Gasteiger partial charge is 0.218 e. The molecule has 0 unspecified atom stereocenters. The molecule has 2 aromatic rings. The topological polar surface area (TPSA) is 48.2 Å². The van der Waals surface area contributed by atoms with E-state index in [9.17, 15) is 0 Å². The second kappa shape index (κ2) is 5.10. The molecular weight excluding hydrogens is 296 g/mol. The van der Waals surface area contributed by atoms with Gasteiger partial charge in [0.15, 0.2) is 0 Å². The summed E-state index contributed by atoms with van der Waals surface area (Å²) in [7, 11) is 0. The van der Waals surface area contributed by atoms with Crippen LogP contribution in [0.1, 0.15) is 32.4 Å². The zero-order chi connectivity index (χ0) is 13.2. The van der Waals surface area contributed by atoms with Crippen LogP contribution in [0.5, 0.6) is 5.88 Å². The summed E-state index contributed by atoms with van der Waals surface area (Å²) in [6.45, 7) is 6.54. The molecule has 0 bridgehead atoms. The number of hydrogen-bond donors (Lipinski definition) is 0. The van der Waals surface area contributed by atoms with Crippen LogP contribution in [0.4, 0.5) is 0 Å². The van der Waals surface area contributed by atoms with Gasteiger partial charge in [0.2, 0.25) is 5.88 Å². The Labute approximate surface area is 115 Å². The third-order valence-corrected chi connectivity index (χ3v) is 2.69. The third kappa shape index (κ3) is 3.32. The Morgan fingerprint density at radius 1 is 1.33 bits per heavy atom. The van der Waals surface area contributed by atoms with Crippen molar-refractivity contribution < 1.29 is 9.15 Å². The summed E-state index contributed by atoms with van der Waals surface area (Å²) >= 11 is 3.37. The lowest BCUT2D eigenvalue weighted by atomic mass is 9.96. The molecule has 0 aliphatic carbocycles. The average Bonchev–Trinajstić information content (AvgIpc) is 2.77. The monoisotopic (exact) mass is 310 g/mol. The molecule has 0 fully saturated rings. The molecule has 18 heavy (non-hydrogen) atoms. The summed E-state index contributed by atoms with van der Waals surface area (Å²) < 4.78 is 11.5. The second-order valence-corrected chi connectivity index (χ2v) is 5.78. The van der Waals surface area contributed by atoms with Crippen molar-refractivity contribution in [2.75, 3.05) is 0 Å². The van der Waals surface area contributed by atoms with Crippen LogP contribution in [-0.4, -0.2) is 9.97 Å². The lowest BCUT2D eigenvalue weighted by Crippen LogP contribution is -2.16. The van der Waals surface area contributed by atoms with Gasteiger partial charge in [-0.2, -0.15) is 4.98 Å². The molecule has 0 saturated heterocycles. The summed E-state index contributed by atoms with van der Waals surface area (Å²) in [6, 6.07) is 5.44. The molecule has 5 heteroatoms. The molecule has 0 N–H and O–H groups in total. The first-order chi connectivity index (χ1) is 8.45. The Morgan fingerprint density at radius 2 is 2.11 bits per heavy atom. The largest absolute Gasteiger partial charge is 0.469 e. The minimum absolute atomic E-state index is 0.118. The fourth-order valence-electron chi connectivity index (χ4n) is 1.35. The van der Waals surface area contributed by atoms with E-state index in [0.717, 1.165) is 16.2 Å². The molecule has 0 radical (unpaired) electrons. The normalized spacial score (nSPS) is 11.6. The van der Waals surface area contributed by atoms with Crippen LogP contribution in [0.25, 0.3) is 0 Å². The Morgan fingerprint density at radius 3 is 2.72 bits per heavy atom. The van der Waals surface area contributed by atoms with E-state index in [2.05, 4.69) is 46.7 Å². The van der Waals surface area contributed by atoms with E-state index in [4.69, 9.17) is 9.15 Å². The van der Waals surface area contributed by atoms with Crippen molar-refractivity contribution >= 4 is 15.9 Å². The molecule has 2 heterocycles. The standard InChI is InChI=1S/C13H15BrN2O2/c1-13(2,3)12-15-10(14)7-11(16-12)18-8-9-5-4-6-17-9/h4-7H,8H2,1-3H3. The van der Waals surface area contributed by atoms with Crippen molar-refractivity contribution in [1.82, 2.24) is 9.97 Å². The molecule has 96 valence electrons. The van der Waals surface area contributed by atoms with Crippen molar-refractivity contribution in [2.24, 2.45) is 0 Å². The number of rotatable bonds is 3. The molecule has 0 aliphatic rings. The van der Waals surface area contributed by atoms with E-state index in [-0.39, 0.29) is 5.41 Å². The van der Waals surface area contributed by atoms with Crippen LogP contribution in [-0.2, 0) is 12.0 Å². The minimum atomic E-state index is -0.118. The van der Waals surface area contributed by atoms with Crippen LogP contribution < -0.4 is 4.74 Å². The summed E-state index contributed by atoms with van der Waals surface area (Å²) in [5.74, 6) is 2.05. The van der Waals surface area contributed by atoms with Gasteiger partial charge in [-0.15, -0.1) is 0 Å². The summed E-state index contributed by atoms with van der Waals surface area (Å²) in [6.07, 6.45) is 1.62. The van der Waals surface area contributed by atoms with E-state index in [1.165, 1.54) is 0 Å². The number of nitrogens with zero attached hydrogens (tertiary/aromatic N) is 2. The summed E-state index contributed by atoms with van der Waals surface area (Å²) in [5.41, 5.74) is -0.118. The highest BCUT2D eigenvalue weighted by Gasteiger charge is 2.19. The number of furan rings is 1. The fourth-order valence-corrected chi connectivity index (χ4v) is 1.71. The Balaban J connectivity index is 2.15. The maximum absolute atomic E-state index is 5.59. The van der Waals surface area contributed by atoms with Gasteiger partial charge >= 0.3 is 0 Å². The molecule has 0 aliphatic heterocycles. The van der Waals surface area contributed by atoms with Crippen LogP contribution in [0.15, 0.2) is 33.5 Å². The predicted molar refractivity (Wildman–Crippen MR) is 71.5 cm³/mol. The highest BCUT2D eigenvalue weighted by atomic mass is 79.9. The first kappa shape index (κ1) is 13.1. The molecule has 2 aromatic heterocycles. The number of ether oxygens (including phenoxy) is 1. The zero-order valence-electron chi connectivity index (χ0n) is 10.6. The molecule has 0 saturated carbocycles. The predicted octanol–water partition coefficient (Wildman–Crippen LogP) is 3.71. The van der Waals surface area contributed by atoms with Crippen molar-refractivity contribution in [3.05, 3.63) is 40.7 Å². The van der Waals surface area contributed by atoms with Crippen LogP contribution >= 0.6 is 15.9 Å². The maximum atomic E-state index is 5.59. The van der Waals surface area contributed by atoms with E-state index >= 15 is 0 Å². The van der Waals surface area contributed by atoms with Gasteiger partial charge in [-0.05, 0) is 28.1 Å². The third-order valence-electron chi connectivity index (χ3n) is 2.28. The van der Waals surface area contributed by atoms with Crippen LogP contribution in [0.2, 0.25) is 0 Å². The summed E-state index contributed by atoms with van der Waals surface area (Å²) in [4.78, 5) is 8.75. The molecule has 0 aromatic carbocycles. The Hall–Kier alpha value is -1.36. The lowest BCUT2D eigenvalue weighted by molar-refractivity contribution is 0.257. The highest BCUT2D eigenvalue weighted by Crippen LogP contribution is 2.23. The lowest BCUT2D eigenvalue weighted by Gasteiger charge is -2.17. The van der Waals surface area contributed by atoms with Crippen LogP contribution in [0.3, 0.4) is 0 Å². The second-order valence-electron chi connectivity index (χ2n) is 4.97. The zero-order valence-corrected chi connectivity index (χ0v) is 12.2. The van der Waals surface area contributed by atoms with Gasteiger partial charge in [0, 0.05) is 11.5 Å². The van der Waals surface area contributed by atoms with Crippen molar-refractivity contribution in [3.63, 3.8) is 0 Å². The van der Waals surface area contributed by atoms with Crippen molar-refractivity contribution in [3.8, 4) is 5.88 Å². The highest BCUT2D eigenvalue weighted by molar-refractivity contribution is 9.10. The van der Waals surface area contributed by atoms with Gasteiger partial charge in [-0.3, -0.25) is 0 Å².